The molecule has 0 bridgehead atoms. The van der Waals surface area contributed by atoms with Crippen LogP contribution in [0.4, 0.5) is 11.4 Å². The number of hydroxylamine groups is 2. The Morgan fingerprint density at radius 3 is 2.38 bits per heavy atom. The molecule has 2 aromatic carbocycles. The Balaban J connectivity index is 1.28. The number of amides is 2. The zero-order valence-electron chi connectivity index (χ0n) is 28.3. The van der Waals surface area contributed by atoms with Crippen LogP contribution in [0.15, 0.2) is 78.5 Å². The van der Waals surface area contributed by atoms with E-state index in [0.717, 1.165) is 47.7 Å². The molecule has 3 heterocycles. The number of fused-ring (bicyclic) bond motifs is 2. The number of nitrogens with zero attached hydrogens (tertiary/aromatic N) is 3. The first-order valence-corrected chi connectivity index (χ1v) is 18.1. The number of imide groups is 1. The lowest BCUT2D eigenvalue weighted by atomic mass is 9.81. The number of hydrogen-bond donors (Lipinski definition) is 1. The van der Waals surface area contributed by atoms with Gasteiger partial charge in [-0.3, -0.25) is 9.59 Å². The van der Waals surface area contributed by atoms with E-state index >= 15 is 0 Å². The highest BCUT2D eigenvalue weighted by Crippen LogP contribution is 2.48. The Labute approximate surface area is 282 Å². The predicted molar refractivity (Wildman–Crippen MR) is 183 cm³/mol. The minimum absolute atomic E-state index is 0.0773. The number of benzene rings is 2. The summed E-state index contributed by atoms with van der Waals surface area (Å²) in [6.07, 6.45) is 12.7. The summed E-state index contributed by atoms with van der Waals surface area (Å²) >= 11 is 0. The molecular weight excluding hydrogens is 629 g/mol. The molecule has 0 radical (unpaired) electrons. The van der Waals surface area contributed by atoms with E-state index in [9.17, 15) is 28.7 Å². The number of anilines is 1. The lowest BCUT2D eigenvalue weighted by Gasteiger charge is -2.25. The number of carbonyl (C=O) groups is 3. The largest absolute Gasteiger partial charge is 0.775 e. The molecule has 5 rings (SSSR count). The van der Waals surface area contributed by atoms with Crippen LogP contribution in [0.1, 0.15) is 84.3 Å². The number of likely N-dealkylation sites (N-methyl/N-ethyl adjacent to an activating group) is 1. The van der Waals surface area contributed by atoms with Gasteiger partial charge in [-0.15, -0.1) is 5.06 Å². The maximum atomic E-state index is 12.2. The van der Waals surface area contributed by atoms with Crippen LogP contribution in [0.3, 0.4) is 0 Å². The van der Waals surface area contributed by atoms with Crippen LogP contribution < -0.4 is 15.1 Å². The summed E-state index contributed by atoms with van der Waals surface area (Å²) in [5.74, 6) is -1.52. The molecule has 48 heavy (non-hydrogen) atoms. The molecule has 1 atom stereocenters. The first-order valence-electron chi connectivity index (χ1n) is 16.5. The zero-order valence-corrected chi connectivity index (χ0v) is 29.2. The van der Waals surface area contributed by atoms with Crippen molar-refractivity contribution < 1.29 is 38.1 Å². The van der Waals surface area contributed by atoms with Crippen molar-refractivity contribution >= 4 is 47.8 Å². The molecule has 254 valence electrons. The van der Waals surface area contributed by atoms with Gasteiger partial charge in [0.25, 0.3) is 11.8 Å². The van der Waals surface area contributed by atoms with Crippen LogP contribution >= 0.6 is 7.60 Å². The molecule has 11 heteroatoms. The van der Waals surface area contributed by atoms with Crippen molar-refractivity contribution in [2.45, 2.75) is 84.0 Å². The van der Waals surface area contributed by atoms with Crippen LogP contribution in [-0.2, 0) is 34.6 Å². The Morgan fingerprint density at radius 2 is 1.69 bits per heavy atom. The summed E-state index contributed by atoms with van der Waals surface area (Å²) in [7, 11) is -4.61. The van der Waals surface area contributed by atoms with Crippen molar-refractivity contribution in [2.24, 2.45) is 0 Å². The Morgan fingerprint density at radius 1 is 0.979 bits per heavy atom. The van der Waals surface area contributed by atoms with Gasteiger partial charge in [0.05, 0.1) is 5.41 Å². The molecule has 1 fully saturated rings. The molecule has 0 saturated carbocycles. The van der Waals surface area contributed by atoms with Crippen LogP contribution in [0.25, 0.3) is 0 Å². The average molecular weight is 674 g/mol. The fraction of sp³-hybridized carbons (Fsp3) is 0.405. The van der Waals surface area contributed by atoms with Crippen molar-refractivity contribution in [2.75, 3.05) is 18.0 Å². The summed E-state index contributed by atoms with van der Waals surface area (Å²) in [6, 6.07) is 13.2. The fourth-order valence-electron chi connectivity index (χ4n) is 6.94. The maximum Gasteiger partial charge on any atom is 0.333 e. The minimum Gasteiger partial charge on any atom is -0.775 e. The van der Waals surface area contributed by atoms with Gasteiger partial charge < -0.3 is 24.1 Å². The van der Waals surface area contributed by atoms with E-state index in [1.165, 1.54) is 11.6 Å². The molecule has 2 aromatic rings. The van der Waals surface area contributed by atoms with Gasteiger partial charge in [-0.05, 0) is 63.5 Å². The summed E-state index contributed by atoms with van der Waals surface area (Å²) in [6.45, 7) is 12.1. The van der Waals surface area contributed by atoms with Gasteiger partial charge in [0.2, 0.25) is 5.69 Å². The van der Waals surface area contributed by atoms with Crippen molar-refractivity contribution in [3.05, 3.63) is 89.7 Å². The molecule has 1 N–H and O–H groups in total. The van der Waals surface area contributed by atoms with Crippen LogP contribution in [0, 0.1) is 0 Å². The summed E-state index contributed by atoms with van der Waals surface area (Å²) in [5, 5.41) is 0.516. The summed E-state index contributed by atoms with van der Waals surface area (Å²) < 4.78 is 14.2. The standard InChI is InChI=1S/C37H44N3O7P/c1-6-38-30-21-20-26(48(44,45)46)25-28(30)37(4,5)31(38)17-9-7-10-18-32-36(2,3)27-15-12-13-16-29(27)39(32)24-14-8-11-19-35(43)47-40-33(41)22-23-34(40)42/h7,9-10,12-13,15-18,20-21,25H,6,8,11,14,19,22-24H2,1-5H3,(H-,44,45,46). The van der Waals surface area contributed by atoms with Crippen molar-refractivity contribution in [1.82, 2.24) is 5.06 Å². The molecule has 0 aliphatic carbocycles. The first-order chi connectivity index (χ1) is 22.7. The third kappa shape index (κ3) is 6.88. The van der Waals surface area contributed by atoms with E-state index in [1.807, 2.05) is 24.3 Å². The number of rotatable bonds is 12. The number of hydrogen-bond acceptors (Lipinski definition) is 7. The van der Waals surface area contributed by atoms with Crippen LogP contribution in [-0.4, -0.2) is 51.1 Å². The zero-order chi connectivity index (χ0) is 34.9. The molecular formula is C37H44N3O7P. The molecule has 1 unspecified atom stereocenters. The highest BCUT2D eigenvalue weighted by atomic mass is 31.2. The molecule has 0 spiro atoms. The van der Waals surface area contributed by atoms with Gasteiger partial charge in [-0.25, -0.2) is 4.79 Å². The van der Waals surface area contributed by atoms with Gasteiger partial charge in [-0.2, -0.15) is 4.58 Å². The topological polar surface area (TPSA) is 130 Å². The molecule has 0 aromatic heterocycles. The second-order valence-corrected chi connectivity index (χ2v) is 15.0. The number of carbonyl (C=O) groups excluding carboxylic acids is 3. The van der Waals surface area contributed by atoms with E-state index < -0.39 is 30.8 Å². The minimum atomic E-state index is -4.61. The lowest BCUT2D eigenvalue weighted by molar-refractivity contribution is -0.438. The van der Waals surface area contributed by atoms with Crippen molar-refractivity contribution in [3.8, 4) is 0 Å². The quantitative estimate of drug-likeness (QED) is 0.107. The van der Waals surface area contributed by atoms with Crippen molar-refractivity contribution in [3.63, 3.8) is 0 Å². The lowest BCUT2D eigenvalue weighted by Crippen LogP contribution is -2.31. The van der Waals surface area contributed by atoms with Gasteiger partial charge in [0.1, 0.15) is 6.54 Å². The monoisotopic (exact) mass is 673 g/mol. The maximum absolute atomic E-state index is 12.2. The fourth-order valence-corrected chi connectivity index (χ4v) is 7.50. The Kier molecular flexibility index (Phi) is 10.1. The Hall–Kier alpha value is -4.11. The number of para-hydroxylation sites is 1. The second-order valence-electron chi connectivity index (χ2n) is 13.4. The van der Waals surface area contributed by atoms with Gasteiger partial charge >= 0.3 is 5.97 Å². The highest BCUT2D eigenvalue weighted by molar-refractivity contribution is 7.58. The molecule has 10 nitrogen and oxygen atoms in total. The van der Waals surface area contributed by atoms with Crippen LogP contribution in [0.5, 0.6) is 0 Å². The Bertz CT molecular complexity index is 1780. The van der Waals surface area contributed by atoms with Gasteiger partial charge in [0.15, 0.2) is 13.3 Å². The third-order valence-corrected chi connectivity index (χ3v) is 10.4. The molecule has 3 aliphatic heterocycles. The summed E-state index contributed by atoms with van der Waals surface area (Å²) in [5.41, 5.74) is 5.69. The summed E-state index contributed by atoms with van der Waals surface area (Å²) in [4.78, 5) is 64.3. The van der Waals surface area contributed by atoms with Gasteiger partial charge in [-0.1, -0.05) is 50.3 Å². The van der Waals surface area contributed by atoms with E-state index in [1.54, 1.807) is 12.1 Å². The molecule has 2 amide bonds. The normalized spacial score (nSPS) is 20.4. The molecule has 1 saturated heterocycles. The smallest absolute Gasteiger partial charge is 0.333 e. The molecule has 3 aliphatic rings. The van der Waals surface area contributed by atoms with E-state index in [0.29, 0.717) is 18.0 Å². The van der Waals surface area contributed by atoms with Crippen molar-refractivity contribution in [1.29, 1.82) is 0 Å². The number of allylic oxidation sites excluding steroid dienone is 6. The van der Waals surface area contributed by atoms with E-state index in [2.05, 4.69) is 74.4 Å². The first kappa shape index (κ1) is 35.2. The van der Waals surface area contributed by atoms with Crippen LogP contribution in [0.2, 0.25) is 0 Å². The third-order valence-electron chi connectivity index (χ3n) is 9.51. The van der Waals surface area contributed by atoms with Gasteiger partial charge in [0, 0.05) is 72.0 Å². The number of unbranched alkanes of at least 4 members (excludes halogenated alkanes) is 2. The van der Waals surface area contributed by atoms with E-state index in [-0.39, 0.29) is 30.0 Å². The predicted octanol–water partition coefficient (Wildman–Crippen LogP) is 5.22. The SMILES string of the molecule is CCN1/C(=C/C=C/C=C/C2=[N+](CCCCCC(=O)ON3C(=O)CCC3=O)c3ccccc3C2(C)C)C(C)(C)c2cc(P(=O)([O-])O)ccc21. The second kappa shape index (κ2) is 13.8. The average Bonchev–Trinajstić information content (AvgIpc) is 3.55. The highest BCUT2D eigenvalue weighted by Gasteiger charge is 2.44. The van der Waals surface area contributed by atoms with E-state index in [4.69, 9.17) is 4.84 Å².